The summed E-state index contributed by atoms with van der Waals surface area (Å²) in [5.41, 5.74) is 1.95. The van der Waals surface area contributed by atoms with Crippen molar-refractivity contribution in [1.82, 2.24) is 0 Å². The number of hydrogen-bond acceptors (Lipinski definition) is 2. The molecule has 1 atom stereocenters. The molecule has 2 heteroatoms. The maximum absolute atomic E-state index is 10.1. The van der Waals surface area contributed by atoms with Crippen molar-refractivity contribution in [2.45, 2.75) is 89.9 Å². The average molecular weight is 363 g/mol. The summed E-state index contributed by atoms with van der Waals surface area (Å²) in [4.78, 5) is 0. The topological polar surface area (TPSA) is 47.6 Å². The van der Waals surface area contributed by atoms with Gasteiger partial charge in [-0.3, -0.25) is 0 Å². The van der Waals surface area contributed by atoms with Crippen molar-refractivity contribution in [1.29, 1.82) is 10.5 Å². The minimum absolute atomic E-state index is 0.353. The van der Waals surface area contributed by atoms with E-state index in [1.807, 2.05) is 24.3 Å². The highest BCUT2D eigenvalue weighted by atomic mass is 14.5. The van der Waals surface area contributed by atoms with Gasteiger partial charge in [-0.2, -0.15) is 10.5 Å². The van der Waals surface area contributed by atoms with Crippen LogP contribution in [0.25, 0.3) is 0 Å². The number of nitrogens with zero attached hydrogens (tertiary/aromatic N) is 2. The van der Waals surface area contributed by atoms with E-state index < -0.39 is 0 Å². The molecule has 0 saturated heterocycles. The molecule has 0 amide bonds. The zero-order valence-corrected chi connectivity index (χ0v) is 17.1. The van der Waals surface area contributed by atoms with Crippen LogP contribution in [-0.2, 0) is 5.41 Å². The first-order chi connectivity index (χ1) is 13.1. The quantitative estimate of drug-likeness (QED) is 0.572. The molecule has 0 aromatic heterocycles. The van der Waals surface area contributed by atoms with Gasteiger partial charge in [0.15, 0.2) is 0 Å². The Labute approximate surface area is 165 Å². The minimum Gasteiger partial charge on any atom is -0.197 e. The van der Waals surface area contributed by atoms with Crippen molar-refractivity contribution < 1.29 is 0 Å². The molecule has 1 aromatic carbocycles. The van der Waals surface area contributed by atoms with Crippen LogP contribution in [0.5, 0.6) is 0 Å². The predicted octanol–water partition coefficient (Wildman–Crippen LogP) is 6.90. The van der Waals surface area contributed by atoms with Gasteiger partial charge in [0.25, 0.3) is 0 Å². The number of benzene rings is 1. The molecule has 2 fully saturated rings. The molecule has 0 heterocycles. The van der Waals surface area contributed by atoms with Crippen LogP contribution >= 0.6 is 0 Å². The standard InChI is InChI=1S/C25H34N2/c1-3-7-20(2)25(14-5-4-6-15-25)23-12-16-24(19-27,17-13-23)22-10-8-21(18-26)9-11-22/h8-11,20,23H,3-7,12-17H2,1-2H3/t20-,23?,24?/m1/s1. The molecule has 2 aliphatic rings. The van der Waals surface area contributed by atoms with Crippen molar-refractivity contribution >= 4 is 0 Å². The fourth-order valence-electron chi connectivity index (χ4n) is 6.25. The monoisotopic (exact) mass is 362 g/mol. The number of rotatable bonds is 5. The maximum atomic E-state index is 10.1. The summed E-state index contributed by atoms with van der Waals surface area (Å²) in [5.74, 6) is 1.58. The highest BCUT2D eigenvalue weighted by molar-refractivity contribution is 5.39. The summed E-state index contributed by atoms with van der Waals surface area (Å²) >= 11 is 0. The fourth-order valence-corrected chi connectivity index (χ4v) is 6.25. The Morgan fingerprint density at radius 1 is 1.00 bits per heavy atom. The first kappa shape index (κ1) is 19.9. The summed E-state index contributed by atoms with van der Waals surface area (Å²) < 4.78 is 0. The largest absolute Gasteiger partial charge is 0.197 e. The van der Waals surface area contributed by atoms with Gasteiger partial charge >= 0.3 is 0 Å². The third-order valence-electron chi connectivity index (χ3n) is 7.92. The van der Waals surface area contributed by atoms with E-state index in [1.165, 1.54) is 57.8 Å². The zero-order valence-electron chi connectivity index (χ0n) is 17.1. The predicted molar refractivity (Wildman–Crippen MR) is 110 cm³/mol. The summed E-state index contributed by atoms with van der Waals surface area (Å²) in [7, 11) is 0. The first-order valence-corrected chi connectivity index (χ1v) is 11.0. The van der Waals surface area contributed by atoms with Crippen molar-refractivity contribution in [3.8, 4) is 12.1 Å². The molecule has 0 spiro atoms. The molecule has 0 unspecified atom stereocenters. The summed E-state index contributed by atoms with van der Waals surface area (Å²) in [6.07, 6.45) is 13.9. The highest BCUT2D eigenvalue weighted by Gasteiger charge is 2.47. The molecule has 1 aromatic rings. The van der Waals surface area contributed by atoms with Gasteiger partial charge < -0.3 is 0 Å². The minimum atomic E-state index is -0.353. The second kappa shape index (κ2) is 8.48. The van der Waals surface area contributed by atoms with Crippen LogP contribution in [0, 0.1) is 39.9 Å². The van der Waals surface area contributed by atoms with Gasteiger partial charge in [0.2, 0.25) is 0 Å². The molecule has 0 N–H and O–H groups in total. The Morgan fingerprint density at radius 2 is 1.63 bits per heavy atom. The second-order valence-electron chi connectivity index (χ2n) is 9.14. The molecule has 2 nitrogen and oxygen atoms in total. The van der Waals surface area contributed by atoms with E-state index in [-0.39, 0.29) is 5.41 Å². The molecule has 2 saturated carbocycles. The van der Waals surface area contributed by atoms with E-state index in [4.69, 9.17) is 5.26 Å². The Bertz CT molecular complexity index is 689. The maximum Gasteiger partial charge on any atom is 0.0991 e. The van der Waals surface area contributed by atoms with Crippen LogP contribution < -0.4 is 0 Å². The average Bonchev–Trinajstić information content (AvgIpc) is 2.74. The van der Waals surface area contributed by atoms with Crippen LogP contribution in [0.15, 0.2) is 24.3 Å². The first-order valence-electron chi connectivity index (χ1n) is 11.0. The Kier molecular flexibility index (Phi) is 6.26. The Hall–Kier alpha value is -1.80. The SMILES string of the molecule is CCC[C@@H](C)C1(C2CCC(C#N)(c3ccc(C#N)cc3)CC2)CCCCC1. The van der Waals surface area contributed by atoms with Crippen molar-refractivity contribution in [3.05, 3.63) is 35.4 Å². The Balaban J connectivity index is 1.79. The van der Waals surface area contributed by atoms with E-state index in [0.29, 0.717) is 11.0 Å². The molecule has 0 bridgehead atoms. The zero-order chi connectivity index (χ0) is 19.3. The van der Waals surface area contributed by atoms with Gasteiger partial charge in [-0.1, -0.05) is 58.1 Å². The Morgan fingerprint density at radius 3 is 2.15 bits per heavy atom. The molecule has 3 rings (SSSR count). The van der Waals surface area contributed by atoms with Gasteiger partial charge in [0.05, 0.1) is 23.1 Å². The van der Waals surface area contributed by atoms with E-state index in [9.17, 15) is 5.26 Å². The molecule has 0 aliphatic heterocycles. The number of nitriles is 2. The lowest BCUT2D eigenvalue weighted by molar-refractivity contribution is 0.0000338. The lowest BCUT2D eigenvalue weighted by atomic mass is 9.53. The third-order valence-corrected chi connectivity index (χ3v) is 7.92. The van der Waals surface area contributed by atoms with Crippen LogP contribution in [0.1, 0.15) is 95.6 Å². The summed E-state index contributed by atoms with van der Waals surface area (Å²) in [5, 5.41) is 19.1. The molecule has 0 radical (unpaired) electrons. The van der Waals surface area contributed by atoms with Crippen molar-refractivity contribution in [2.24, 2.45) is 17.3 Å². The fraction of sp³-hybridized carbons (Fsp3) is 0.680. The third kappa shape index (κ3) is 3.78. The molecular formula is C25H34N2. The molecule has 144 valence electrons. The second-order valence-corrected chi connectivity index (χ2v) is 9.14. The van der Waals surface area contributed by atoms with E-state index in [1.54, 1.807) is 0 Å². The van der Waals surface area contributed by atoms with Gasteiger partial charge in [0, 0.05) is 0 Å². The lowest BCUT2D eigenvalue weighted by Gasteiger charge is -2.51. The van der Waals surface area contributed by atoms with Crippen LogP contribution in [-0.4, -0.2) is 0 Å². The van der Waals surface area contributed by atoms with Crippen LogP contribution in [0.4, 0.5) is 0 Å². The normalized spacial score (nSPS) is 28.7. The van der Waals surface area contributed by atoms with Crippen LogP contribution in [0.3, 0.4) is 0 Å². The molecular weight excluding hydrogens is 328 g/mol. The van der Waals surface area contributed by atoms with Crippen LogP contribution in [0.2, 0.25) is 0 Å². The van der Waals surface area contributed by atoms with E-state index in [0.717, 1.165) is 30.2 Å². The van der Waals surface area contributed by atoms with Gasteiger partial charge in [-0.25, -0.2) is 0 Å². The van der Waals surface area contributed by atoms with Gasteiger partial charge in [0.1, 0.15) is 0 Å². The van der Waals surface area contributed by atoms with E-state index >= 15 is 0 Å². The van der Waals surface area contributed by atoms with Crippen molar-refractivity contribution in [2.75, 3.05) is 0 Å². The van der Waals surface area contributed by atoms with Gasteiger partial charge in [-0.15, -0.1) is 0 Å². The summed E-state index contributed by atoms with van der Waals surface area (Å²) in [6, 6.07) is 12.6. The molecule has 27 heavy (non-hydrogen) atoms. The summed E-state index contributed by atoms with van der Waals surface area (Å²) in [6.45, 7) is 4.82. The smallest absolute Gasteiger partial charge is 0.0991 e. The van der Waals surface area contributed by atoms with Gasteiger partial charge in [-0.05, 0) is 73.5 Å². The lowest BCUT2D eigenvalue weighted by Crippen LogP contribution is -2.43. The number of hydrogen-bond donors (Lipinski definition) is 0. The highest BCUT2D eigenvalue weighted by Crippen LogP contribution is 2.56. The molecule has 2 aliphatic carbocycles. The van der Waals surface area contributed by atoms with E-state index in [2.05, 4.69) is 26.0 Å². The van der Waals surface area contributed by atoms with Crippen molar-refractivity contribution in [3.63, 3.8) is 0 Å².